The van der Waals surface area contributed by atoms with Crippen LogP contribution in [0.25, 0.3) is 0 Å². The highest BCUT2D eigenvalue weighted by Gasteiger charge is 2.21. The van der Waals surface area contributed by atoms with Gasteiger partial charge in [0, 0.05) is 49.1 Å². The first-order chi connectivity index (χ1) is 14.7. The normalized spacial score (nSPS) is 15.9. The van der Waals surface area contributed by atoms with Gasteiger partial charge in [0.2, 0.25) is 5.91 Å². The van der Waals surface area contributed by atoms with E-state index in [4.69, 9.17) is 9.47 Å². The third-order valence-electron chi connectivity index (χ3n) is 5.11. The molecule has 2 aromatic rings. The van der Waals surface area contributed by atoms with Crippen LogP contribution >= 0.6 is 11.3 Å². The molecule has 0 saturated carbocycles. The van der Waals surface area contributed by atoms with Gasteiger partial charge in [0.15, 0.2) is 17.5 Å². The number of carbonyl (C=O) groups excluding carboxylic acids is 1. The lowest BCUT2D eigenvalue weighted by molar-refractivity contribution is -0.131. The number of nitrogens with one attached hydrogen (secondary N) is 2. The van der Waals surface area contributed by atoms with Crippen LogP contribution in [-0.4, -0.2) is 49.6 Å². The van der Waals surface area contributed by atoms with E-state index in [2.05, 4.69) is 27.1 Å². The Kier molecular flexibility index (Phi) is 6.74. The minimum atomic E-state index is 0.155. The van der Waals surface area contributed by atoms with E-state index in [-0.39, 0.29) is 5.91 Å². The third kappa shape index (κ3) is 5.05. The van der Waals surface area contributed by atoms with Gasteiger partial charge in [-0.2, -0.15) is 0 Å². The summed E-state index contributed by atoms with van der Waals surface area (Å²) >= 11 is 1.78. The minimum absolute atomic E-state index is 0.155. The van der Waals surface area contributed by atoms with Crippen LogP contribution in [0.3, 0.4) is 0 Å². The summed E-state index contributed by atoms with van der Waals surface area (Å²) in [7, 11) is 0. The molecule has 0 atom stereocenters. The highest BCUT2D eigenvalue weighted by molar-refractivity contribution is 7.10. The number of nitrogens with zero attached hydrogens (tertiary/aromatic N) is 2. The number of ether oxygens (including phenoxy) is 2. The molecule has 3 heterocycles. The fourth-order valence-corrected chi connectivity index (χ4v) is 4.46. The SMILES string of the molecule is CCNC(=NCCC(=O)N1CCc2sccc2C1)Nc1ccc2c(c1)OCCCO2. The van der Waals surface area contributed by atoms with Crippen molar-refractivity contribution in [2.24, 2.45) is 4.99 Å². The van der Waals surface area contributed by atoms with E-state index in [1.54, 1.807) is 11.3 Å². The third-order valence-corrected chi connectivity index (χ3v) is 6.13. The van der Waals surface area contributed by atoms with Crippen molar-refractivity contribution >= 4 is 28.9 Å². The summed E-state index contributed by atoms with van der Waals surface area (Å²) in [6.45, 7) is 6.02. The first kappa shape index (κ1) is 20.5. The quantitative estimate of drug-likeness (QED) is 0.565. The lowest BCUT2D eigenvalue weighted by Gasteiger charge is -2.26. The highest BCUT2D eigenvalue weighted by atomic mass is 32.1. The van der Waals surface area contributed by atoms with Gasteiger partial charge in [0.25, 0.3) is 0 Å². The molecule has 1 aromatic heterocycles. The molecule has 0 saturated heterocycles. The zero-order valence-corrected chi connectivity index (χ0v) is 18.1. The van der Waals surface area contributed by atoms with Crippen molar-refractivity contribution in [2.75, 3.05) is 38.2 Å². The second kappa shape index (κ2) is 9.84. The molecule has 160 valence electrons. The van der Waals surface area contributed by atoms with Crippen LogP contribution in [0.1, 0.15) is 30.2 Å². The van der Waals surface area contributed by atoms with Gasteiger partial charge in [0.1, 0.15) is 0 Å². The number of aliphatic imine (C=N–C) groups is 1. The van der Waals surface area contributed by atoms with Gasteiger partial charge in [0.05, 0.1) is 19.8 Å². The number of amides is 1. The number of guanidine groups is 1. The molecule has 0 aliphatic carbocycles. The van der Waals surface area contributed by atoms with Crippen molar-refractivity contribution in [3.8, 4) is 11.5 Å². The number of anilines is 1. The maximum absolute atomic E-state index is 12.6. The summed E-state index contributed by atoms with van der Waals surface area (Å²) in [5.74, 6) is 2.31. The second-order valence-corrected chi connectivity index (χ2v) is 8.28. The average molecular weight is 429 g/mol. The van der Waals surface area contributed by atoms with Crippen LogP contribution in [0.5, 0.6) is 11.5 Å². The van der Waals surface area contributed by atoms with Gasteiger partial charge in [-0.3, -0.25) is 9.79 Å². The zero-order chi connectivity index (χ0) is 20.8. The van der Waals surface area contributed by atoms with Crippen molar-refractivity contribution in [1.29, 1.82) is 0 Å². The number of hydrogen-bond acceptors (Lipinski definition) is 5. The van der Waals surface area contributed by atoms with E-state index >= 15 is 0 Å². The molecule has 7 nitrogen and oxygen atoms in total. The number of thiophene rings is 1. The molecule has 1 amide bonds. The van der Waals surface area contributed by atoms with E-state index in [0.29, 0.717) is 32.1 Å². The molecule has 8 heteroatoms. The van der Waals surface area contributed by atoms with E-state index < -0.39 is 0 Å². The number of fused-ring (bicyclic) bond motifs is 2. The maximum atomic E-state index is 12.6. The fourth-order valence-electron chi connectivity index (χ4n) is 3.57. The maximum Gasteiger partial charge on any atom is 0.224 e. The van der Waals surface area contributed by atoms with Gasteiger partial charge in [-0.1, -0.05) is 0 Å². The number of benzene rings is 1. The molecular weight excluding hydrogens is 400 g/mol. The summed E-state index contributed by atoms with van der Waals surface area (Å²) in [5.41, 5.74) is 2.15. The van der Waals surface area contributed by atoms with Crippen LogP contribution in [0.2, 0.25) is 0 Å². The molecule has 2 N–H and O–H groups in total. The summed E-state index contributed by atoms with van der Waals surface area (Å²) in [5, 5.41) is 8.63. The number of carbonyl (C=O) groups is 1. The molecule has 0 unspecified atom stereocenters. The smallest absolute Gasteiger partial charge is 0.224 e. The molecule has 0 bridgehead atoms. The molecule has 0 fully saturated rings. The average Bonchev–Trinajstić information content (AvgIpc) is 3.10. The lowest BCUT2D eigenvalue weighted by Crippen LogP contribution is -2.36. The van der Waals surface area contributed by atoms with Crippen molar-refractivity contribution in [2.45, 2.75) is 32.7 Å². The highest BCUT2D eigenvalue weighted by Crippen LogP contribution is 2.32. The van der Waals surface area contributed by atoms with Crippen LogP contribution in [0, 0.1) is 0 Å². The minimum Gasteiger partial charge on any atom is -0.490 e. The van der Waals surface area contributed by atoms with Crippen LogP contribution in [0.4, 0.5) is 5.69 Å². The van der Waals surface area contributed by atoms with E-state index in [0.717, 1.165) is 49.7 Å². The Balaban J connectivity index is 1.34. The van der Waals surface area contributed by atoms with E-state index in [1.807, 2.05) is 30.0 Å². The molecule has 2 aliphatic rings. The summed E-state index contributed by atoms with van der Waals surface area (Å²) in [4.78, 5) is 20.5. The Morgan fingerprint density at radius 3 is 2.97 bits per heavy atom. The summed E-state index contributed by atoms with van der Waals surface area (Å²) < 4.78 is 11.4. The van der Waals surface area contributed by atoms with Gasteiger partial charge in [-0.25, -0.2) is 0 Å². The monoisotopic (exact) mass is 428 g/mol. The predicted molar refractivity (Wildman–Crippen MR) is 120 cm³/mol. The van der Waals surface area contributed by atoms with Crippen molar-refractivity contribution < 1.29 is 14.3 Å². The zero-order valence-electron chi connectivity index (χ0n) is 17.3. The van der Waals surface area contributed by atoms with Crippen LogP contribution < -0.4 is 20.1 Å². The fraction of sp³-hybridized carbons (Fsp3) is 0.455. The van der Waals surface area contributed by atoms with Gasteiger partial charge < -0.3 is 25.0 Å². The largest absolute Gasteiger partial charge is 0.490 e. The standard InChI is InChI=1S/C22H28N4O3S/c1-2-23-22(25-17-4-5-18-19(14-17)29-12-3-11-28-18)24-9-6-21(27)26-10-7-20-16(15-26)8-13-30-20/h4-5,8,13-14H,2-3,6-7,9-12,15H2,1H3,(H2,23,24,25). The Labute approximate surface area is 181 Å². The topological polar surface area (TPSA) is 75.2 Å². The first-order valence-electron chi connectivity index (χ1n) is 10.5. The molecular formula is C22H28N4O3S. The summed E-state index contributed by atoms with van der Waals surface area (Å²) in [6, 6.07) is 7.90. The van der Waals surface area contributed by atoms with Gasteiger partial charge >= 0.3 is 0 Å². The van der Waals surface area contributed by atoms with Gasteiger partial charge in [-0.15, -0.1) is 11.3 Å². The molecule has 30 heavy (non-hydrogen) atoms. The van der Waals surface area contributed by atoms with Crippen molar-refractivity contribution in [3.63, 3.8) is 0 Å². The van der Waals surface area contributed by atoms with Crippen LogP contribution in [0.15, 0.2) is 34.6 Å². The van der Waals surface area contributed by atoms with E-state index in [1.165, 1.54) is 10.4 Å². The molecule has 1 aromatic carbocycles. The number of hydrogen-bond donors (Lipinski definition) is 2. The van der Waals surface area contributed by atoms with Crippen molar-refractivity contribution in [3.05, 3.63) is 40.1 Å². The first-order valence-corrected chi connectivity index (χ1v) is 11.4. The van der Waals surface area contributed by atoms with E-state index in [9.17, 15) is 4.79 Å². The second-order valence-electron chi connectivity index (χ2n) is 7.28. The Bertz CT molecular complexity index is 912. The molecule has 0 spiro atoms. The van der Waals surface area contributed by atoms with Gasteiger partial charge in [-0.05, 0) is 42.5 Å². The van der Waals surface area contributed by atoms with Crippen LogP contribution in [-0.2, 0) is 17.8 Å². The molecule has 2 aliphatic heterocycles. The Hall–Kier alpha value is -2.74. The Morgan fingerprint density at radius 2 is 2.10 bits per heavy atom. The lowest BCUT2D eigenvalue weighted by atomic mass is 10.1. The predicted octanol–water partition coefficient (Wildman–Crippen LogP) is 3.26. The molecule has 0 radical (unpaired) electrons. The number of rotatable bonds is 5. The summed E-state index contributed by atoms with van der Waals surface area (Å²) in [6.07, 6.45) is 2.23. The molecule has 4 rings (SSSR count). The Morgan fingerprint density at radius 1 is 1.23 bits per heavy atom. The van der Waals surface area contributed by atoms with Crippen molar-refractivity contribution in [1.82, 2.24) is 10.2 Å².